The van der Waals surface area contributed by atoms with Crippen LogP contribution in [-0.2, 0) is 11.3 Å². The highest BCUT2D eigenvalue weighted by molar-refractivity contribution is 5.94. The molecule has 0 aliphatic carbocycles. The molecule has 0 spiro atoms. The number of hydrogen-bond donors (Lipinski definition) is 1. The van der Waals surface area contributed by atoms with Crippen molar-refractivity contribution >= 4 is 11.6 Å². The molecule has 162 valence electrons. The molecule has 3 aromatic rings. The summed E-state index contributed by atoms with van der Waals surface area (Å²) in [6.07, 6.45) is 3.93. The number of piperidine rings is 1. The number of aryl methyl sites for hydroxylation is 2. The van der Waals surface area contributed by atoms with Gasteiger partial charge in [-0.2, -0.15) is 4.80 Å². The van der Waals surface area contributed by atoms with Crippen molar-refractivity contribution in [3.63, 3.8) is 0 Å². The maximum absolute atomic E-state index is 12.8. The van der Waals surface area contributed by atoms with E-state index in [-0.39, 0.29) is 5.91 Å². The van der Waals surface area contributed by atoms with E-state index in [0.29, 0.717) is 5.82 Å². The number of tetrazole rings is 1. The Morgan fingerprint density at radius 3 is 2.39 bits per heavy atom. The molecular weight excluding hydrogens is 388 g/mol. The van der Waals surface area contributed by atoms with Crippen LogP contribution < -0.4 is 5.32 Å². The van der Waals surface area contributed by atoms with E-state index >= 15 is 0 Å². The molecule has 2 heterocycles. The van der Waals surface area contributed by atoms with Gasteiger partial charge in [-0.05, 0) is 68.6 Å². The van der Waals surface area contributed by atoms with Crippen LogP contribution in [0.25, 0.3) is 11.4 Å². The van der Waals surface area contributed by atoms with Crippen molar-refractivity contribution in [2.24, 2.45) is 0 Å². The normalized spacial score (nSPS) is 15.6. The average Bonchev–Trinajstić information content (AvgIpc) is 3.27. The molecular formula is C24H30N6O. The van der Waals surface area contributed by atoms with Gasteiger partial charge >= 0.3 is 0 Å². The third-order valence-corrected chi connectivity index (χ3v) is 5.95. The number of likely N-dealkylation sites (tertiary alicyclic amines) is 1. The summed E-state index contributed by atoms with van der Waals surface area (Å²) >= 11 is 0. The molecule has 0 radical (unpaired) electrons. The number of rotatable bonds is 6. The first-order valence-corrected chi connectivity index (χ1v) is 11.0. The van der Waals surface area contributed by atoms with Crippen LogP contribution >= 0.6 is 0 Å². The minimum atomic E-state index is -0.571. The summed E-state index contributed by atoms with van der Waals surface area (Å²) < 4.78 is 0. The van der Waals surface area contributed by atoms with E-state index in [4.69, 9.17) is 0 Å². The summed E-state index contributed by atoms with van der Waals surface area (Å²) in [6, 6.07) is 13.7. The lowest BCUT2D eigenvalue weighted by Crippen LogP contribution is -2.29. The van der Waals surface area contributed by atoms with E-state index in [1.54, 1.807) is 6.92 Å². The molecule has 1 aliphatic heterocycles. The Bertz CT molecular complexity index is 1020. The summed E-state index contributed by atoms with van der Waals surface area (Å²) in [4.78, 5) is 16.6. The lowest BCUT2D eigenvalue weighted by atomic mass is 10.1. The molecule has 0 saturated carbocycles. The molecule has 0 bridgehead atoms. The third-order valence-electron chi connectivity index (χ3n) is 5.95. The number of benzene rings is 2. The SMILES string of the molecule is Cc1cccc(C)c1NC(=O)[C@H](C)n1nnc(-c2ccc(CN3CCCCC3)cc2)n1. The van der Waals surface area contributed by atoms with Crippen molar-refractivity contribution in [1.29, 1.82) is 0 Å². The number of carbonyl (C=O) groups is 1. The van der Waals surface area contributed by atoms with Gasteiger partial charge in [-0.3, -0.25) is 9.69 Å². The Morgan fingerprint density at radius 2 is 1.71 bits per heavy atom. The van der Waals surface area contributed by atoms with Crippen LogP contribution in [0.4, 0.5) is 5.69 Å². The fraction of sp³-hybridized carbons (Fsp3) is 0.417. The number of nitrogens with one attached hydrogen (secondary N) is 1. The predicted octanol–water partition coefficient (Wildman–Crippen LogP) is 4.14. The second-order valence-electron chi connectivity index (χ2n) is 8.40. The smallest absolute Gasteiger partial charge is 0.250 e. The van der Waals surface area contributed by atoms with Gasteiger partial charge in [0, 0.05) is 17.8 Å². The fourth-order valence-electron chi connectivity index (χ4n) is 3.98. The van der Waals surface area contributed by atoms with Gasteiger partial charge < -0.3 is 5.32 Å². The number of carbonyl (C=O) groups excluding carboxylic acids is 1. The highest BCUT2D eigenvalue weighted by Crippen LogP contribution is 2.22. The van der Waals surface area contributed by atoms with Crippen LogP contribution in [-0.4, -0.2) is 44.1 Å². The van der Waals surface area contributed by atoms with E-state index in [1.807, 2.05) is 44.2 Å². The molecule has 1 saturated heterocycles. The molecule has 1 aliphatic rings. The Hall–Kier alpha value is -3.06. The van der Waals surface area contributed by atoms with Gasteiger partial charge in [-0.1, -0.05) is 48.9 Å². The van der Waals surface area contributed by atoms with E-state index < -0.39 is 6.04 Å². The number of nitrogens with zero attached hydrogens (tertiary/aromatic N) is 5. The summed E-state index contributed by atoms with van der Waals surface area (Å²) in [7, 11) is 0. The molecule has 2 aromatic carbocycles. The maximum Gasteiger partial charge on any atom is 0.250 e. The van der Waals surface area contributed by atoms with Crippen molar-refractivity contribution < 1.29 is 4.79 Å². The van der Waals surface area contributed by atoms with Gasteiger partial charge in [0.15, 0.2) is 0 Å². The molecule has 7 nitrogen and oxygen atoms in total. The van der Waals surface area contributed by atoms with Gasteiger partial charge in [-0.25, -0.2) is 0 Å². The summed E-state index contributed by atoms with van der Waals surface area (Å²) in [6.45, 7) is 9.08. The number of anilines is 1. The number of para-hydroxylation sites is 1. The Balaban J connectivity index is 1.41. The molecule has 0 unspecified atom stereocenters. The topological polar surface area (TPSA) is 75.9 Å². The summed E-state index contributed by atoms with van der Waals surface area (Å²) in [5, 5.41) is 15.7. The monoisotopic (exact) mass is 418 g/mol. The number of amides is 1. The molecule has 1 fully saturated rings. The second-order valence-corrected chi connectivity index (χ2v) is 8.40. The molecule has 7 heteroatoms. The summed E-state index contributed by atoms with van der Waals surface area (Å²) in [5.41, 5.74) is 5.08. The first-order valence-electron chi connectivity index (χ1n) is 11.0. The summed E-state index contributed by atoms with van der Waals surface area (Å²) in [5.74, 6) is 0.356. The minimum Gasteiger partial charge on any atom is -0.324 e. The van der Waals surface area contributed by atoms with Gasteiger partial charge in [0.25, 0.3) is 5.91 Å². The molecule has 1 atom stereocenters. The minimum absolute atomic E-state index is 0.168. The van der Waals surface area contributed by atoms with Crippen LogP contribution in [0, 0.1) is 13.8 Å². The second kappa shape index (κ2) is 9.39. The molecule has 4 rings (SSSR count). The van der Waals surface area contributed by atoms with Crippen molar-refractivity contribution in [3.8, 4) is 11.4 Å². The quantitative estimate of drug-likeness (QED) is 0.651. The van der Waals surface area contributed by atoms with E-state index in [2.05, 4.69) is 37.8 Å². The highest BCUT2D eigenvalue weighted by Gasteiger charge is 2.20. The zero-order valence-corrected chi connectivity index (χ0v) is 18.5. The maximum atomic E-state index is 12.8. The van der Waals surface area contributed by atoms with Crippen LogP contribution in [0.2, 0.25) is 0 Å². The number of aromatic nitrogens is 4. The van der Waals surface area contributed by atoms with Crippen LogP contribution in [0.5, 0.6) is 0 Å². The van der Waals surface area contributed by atoms with E-state index in [1.165, 1.54) is 42.7 Å². The van der Waals surface area contributed by atoms with Crippen LogP contribution in [0.1, 0.15) is 48.9 Å². The predicted molar refractivity (Wildman–Crippen MR) is 122 cm³/mol. The van der Waals surface area contributed by atoms with Crippen molar-refractivity contribution in [2.45, 2.75) is 52.6 Å². The van der Waals surface area contributed by atoms with E-state index in [9.17, 15) is 4.79 Å². The van der Waals surface area contributed by atoms with Crippen molar-refractivity contribution in [2.75, 3.05) is 18.4 Å². The standard InChI is InChI=1S/C24H30N6O/c1-17-8-7-9-18(2)22(17)25-24(31)19(3)30-27-23(26-28-30)21-12-10-20(11-13-21)16-29-14-5-4-6-15-29/h7-13,19H,4-6,14-16H2,1-3H3,(H,25,31)/t19-/m0/s1. The first-order chi connectivity index (χ1) is 15.0. The largest absolute Gasteiger partial charge is 0.324 e. The van der Waals surface area contributed by atoms with E-state index in [0.717, 1.165) is 28.9 Å². The Labute approximate surface area is 183 Å². The average molecular weight is 419 g/mol. The number of hydrogen-bond acceptors (Lipinski definition) is 5. The third kappa shape index (κ3) is 4.99. The van der Waals surface area contributed by atoms with Crippen molar-refractivity contribution in [3.05, 3.63) is 59.2 Å². The van der Waals surface area contributed by atoms with Crippen molar-refractivity contribution in [1.82, 2.24) is 25.1 Å². The molecule has 31 heavy (non-hydrogen) atoms. The van der Waals surface area contributed by atoms with Crippen LogP contribution in [0.15, 0.2) is 42.5 Å². The van der Waals surface area contributed by atoms with Gasteiger partial charge in [0.1, 0.15) is 6.04 Å². The van der Waals surface area contributed by atoms with Crippen LogP contribution in [0.3, 0.4) is 0 Å². The first kappa shape index (κ1) is 21.2. The lowest BCUT2D eigenvalue weighted by Gasteiger charge is -2.26. The zero-order chi connectivity index (χ0) is 21.8. The Morgan fingerprint density at radius 1 is 1.03 bits per heavy atom. The highest BCUT2D eigenvalue weighted by atomic mass is 16.2. The lowest BCUT2D eigenvalue weighted by molar-refractivity contribution is -0.119. The van der Waals surface area contributed by atoms with Gasteiger partial charge in [-0.15, -0.1) is 10.2 Å². The van der Waals surface area contributed by atoms with Gasteiger partial charge in [0.2, 0.25) is 5.82 Å². The fourth-order valence-corrected chi connectivity index (χ4v) is 3.98. The molecule has 1 amide bonds. The van der Waals surface area contributed by atoms with Gasteiger partial charge in [0.05, 0.1) is 0 Å². The molecule has 1 N–H and O–H groups in total. The Kier molecular flexibility index (Phi) is 6.42. The molecule has 1 aromatic heterocycles. The zero-order valence-electron chi connectivity index (χ0n) is 18.5.